The van der Waals surface area contributed by atoms with E-state index in [4.69, 9.17) is 23.2 Å². The average Bonchev–Trinajstić information content (AvgIpc) is 3.19. The molecule has 2 saturated heterocycles. The van der Waals surface area contributed by atoms with Crippen molar-refractivity contribution < 1.29 is 24.3 Å². The van der Waals surface area contributed by atoms with E-state index in [1.54, 1.807) is 12.1 Å². The molecule has 6 atom stereocenters. The number of likely N-dealkylation sites (tertiary alicyclic amines) is 2. The van der Waals surface area contributed by atoms with Gasteiger partial charge in [-0.1, -0.05) is 43.0 Å². The van der Waals surface area contributed by atoms with Gasteiger partial charge >= 0.3 is 0 Å². The highest BCUT2D eigenvalue weighted by Crippen LogP contribution is 2.65. The summed E-state index contributed by atoms with van der Waals surface area (Å²) in [4.78, 5) is 53.2. The lowest BCUT2D eigenvalue weighted by Crippen LogP contribution is -2.60. The Bertz CT molecular complexity index is 1230. The number of amides is 4. The monoisotopic (exact) mass is 530 g/mol. The summed E-state index contributed by atoms with van der Waals surface area (Å²) in [5, 5.41) is 10.2. The standard InChI is InChI=1S/C27H28Cl2N2O5/c1-30-24(35)26(28)13-19-17(21(27(26,29)25(30)36)14-6-5-9-16(32)12-14)10-11-18-20(19)23(34)31(22(18)33)15-7-3-2-4-8-15/h5-6,9-10,12,15,18-21,32H,2-4,7-8,11,13H2,1H3. The van der Waals surface area contributed by atoms with E-state index in [0.717, 1.165) is 42.6 Å². The highest BCUT2D eigenvalue weighted by molar-refractivity contribution is 6.53. The zero-order valence-corrected chi connectivity index (χ0v) is 21.5. The predicted octanol–water partition coefficient (Wildman–Crippen LogP) is 3.71. The highest BCUT2D eigenvalue weighted by atomic mass is 35.5. The maximum absolute atomic E-state index is 13.9. The third kappa shape index (κ3) is 2.93. The number of phenolic OH excluding ortho intramolecular Hbond substituents is 1. The number of rotatable bonds is 2. The van der Waals surface area contributed by atoms with E-state index in [1.165, 1.54) is 24.1 Å². The lowest BCUT2D eigenvalue weighted by molar-refractivity contribution is -0.144. The Morgan fingerprint density at radius 2 is 1.69 bits per heavy atom. The van der Waals surface area contributed by atoms with Gasteiger partial charge in [-0.2, -0.15) is 0 Å². The highest BCUT2D eigenvalue weighted by Gasteiger charge is 2.75. The molecule has 9 heteroatoms. The maximum Gasteiger partial charge on any atom is 0.253 e. The molecule has 190 valence electrons. The minimum Gasteiger partial charge on any atom is -0.508 e. The summed E-state index contributed by atoms with van der Waals surface area (Å²) in [6.07, 6.45) is 7.00. The van der Waals surface area contributed by atoms with Crippen LogP contribution in [-0.4, -0.2) is 61.4 Å². The summed E-state index contributed by atoms with van der Waals surface area (Å²) in [5.74, 6) is -4.06. The van der Waals surface area contributed by atoms with Crippen molar-refractivity contribution >= 4 is 46.8 Å². The first-order valence-corrected chi connectivity index (χ1v) is 13.4. The molecule has 6 rings (SSSR count). The topological polar surface area (TPSA) is 95.0 Å². The van der Waals surface area contributed by atoms with E-state index < -0.39 is 45.2 Å². The molecule has 7 nitrogen and oxygen atoms in total. The molecule has 4 fully saturated rings. The Kier molecular flexibility index (Phi) is 5.37. The molecule has 1 N–H and O–H groups in total. The van der Waals surface area contributed by atoms with E-state index in [2.05, 4.69) is 0 Å². The van der Waals surface area contributed by atoms with Gasteiger partial charge in [0.1, 0.15) is 5.75 Å². The molecule has 1 aromatic rings. The minimum atomic E-state index is -1.82. The van der Waals surface area contributed by atoms with Crippen LogP contribution in [0.3, 0.4) is 0 Å². The minimum absolute atomic E-state index is 0.00713. The van der Waals surface area contributed by atoms with Gasteiger partial charge in [-0.15, -0.1) is 23.2 Å². The second-order valence-electron chi connectivity index (χ2n) is 10.9. The number of nitrogens with zero attached hydrogens (tertiary/aromatic N) is 2. The van der Waals surface area contributed by atoms with Gasteiger partial charge in [-0.3, -0.25) is 29.0 Å². The number of hydrogen-bond donors (Lipinski definition) is 1. The van der Waals surface area contributed by atoms with Crippen molar-refractivity contribution in [3.8, 4) is 5.75 Å². The summed E-state index contributed by atoms with van der Waals surface area (Å²) in [6, 6.07) is 6.34. The summed E-state index contributed by atoms with van der Waals surface area (Å²) in [5.41, 5.74) is 1.29. The Hall–Kier alpha value is -2.38. The lowest BCUT2D eigenvalue weighted by Gasteiger charge is -2.50. The zero-order valence-electron chi connectivity index (χ0n) is 20.0. The summed E-state index contributed by atoms with van der Waals surface area (Å²) >= 11 is 14.2. The lowest BCUT2D eigenvalue weighted by atomic mass is 9.56. The van der Waals surface area contributed by atoms with Crippen molar-refractivity contribution in [1.82, 2.24) is 9.80 Å². The van der Waals surface area contributed by atoms with Crippen LogP contribution in [0.1, 0.15) is 56.4 Å². The van der Waals surface area contributed by atoms with E-state index in [1.807, 2.05) is 6.08 Å². The van der Waals surface area contributed by atoms with Gasteiger partial charge in [0.25, 0.3) is 11.8 Å². The maximum atomic E-state index is 13.9. The average molecular weight is 531 g/mol. The van der Waals surface area contributed by atoms with E-state index in [9.17, 15) is 24.3 Å². The first kappa shape index (κ1) is 24.0. The van der Waals surface area contributed by atoms with E-state index >= 15 is 0 Å². The van der Waals surface area contributed by atoms with Crippen LogP contribution < -0.4 is 0 Å². The summed E-state index contributed by atoms with van der Waals surface area (Å²) in [7, 11) is 1.37. The third-order valence-electron chi connectivity index (χ3n) is 9.19. The van der Waals surface area contributed by atoms with Gasteiger partial charge in [0.15, 0.2) is 9.75 Å². The first-order valence-electron chi connectivity index (χ1n) is 12.7. The van der Waals surface area contributed by atoms with Gasteiger partial charge in [-0.25, -0.2) is 0 Å². The predicted molar refractivity (Wildman–Crippen MR) is 132 cm³/mol. The number of carbonyl (C=O) groups is 4. The van der Waals surface area contributed by atoms with Crippen molar-refractivity contribution in [3.05, 3.63) is 41.5 Å². The fourth-order valence-electron chi connectivity index (χ4n) is 7.55. The molecule has 2 saturated carbocycles. The van der Waals surface area contributed by atoms with Gasteiger partial charge in [0.05, 0.1) is 11.8 Å². The smallest absolute Gasteiger partial charge is 0.253 e. The second-order valence-corrected chi connectivity index (χ2v) is 12.2. The molecule has 0 bridgehead atoms. The number of benzene rings is 1. The Balaban J connectivity index is 1.49. The number of imide groups is 2. The quantitative estimate of drug-likeness (QED) is 0.357. The van der Waals surface area contributed by atoms with Gasteiger partial charge < -0.3 is 5.11 Å². The van der Waals surface area contributed by atoms with Crippen LogP contribution in [0.15, 0.2) is 35.9 Å². The SMILES string of the molecule is CN1C(=O)C2(Cl)CC3C(=CCC4C(=O)N(C5CCCCC5)C(=O)C43)C(c3cccc(O)c3)C2(Cl)C1=O. The normalized spacial score (nSPS) is 38.7. The summed E-state index contributed by atoms with van der Waals surface area (Å²) in [6.45, 7) is 0. The van der Waals surface area contributed by atoms with Crippen LogP contribution in [-0.2, 0) is 19.2 Å². The molecule has 0 spiro atoms. The van der Waals surface area contributed by atoms with E-state index in [-0.39, 0.29) is 30.0 Å². The van der Waals surface area contributed by atoms with Crippen molar-refractivity contribution in [2.75, 3.05) is 7.05 Å². The van der Waals surface area contributed by atoms with Crippen molar-refractivity contribution in [2.24, 2.45) is 17.8 Å². The molecule has 1 aromatic carbocycles. The number of carbonyl (C=O) groups excluding carboxylic acids is 4. The van der Waals surface area contributed by atoms with Crippen molar-refractivity contribution in [3.63, 3.8) is 0 Å². The molecule has 2 aliphatic heterocycles. The number of fused-ring (bicyclic) bond motifs is 4. The molecule has 36 heavy (non-hydrogen) atoms. The van der Waals surface area contributed by atoms with Crippen LogP contribution >= 0.6 is 23.2 Å². The third-order valence-corrected chi connectivity index (χ3v) is 10.6. The van der Waals surface area contributed by atoms with Crippen LogP contribution in [0.5, 0.6) is 5.75 Å². The first-order chi connectivity index (χ1) is 17.1. The van der Waals surface area contributed by atoms with Crippen LogP contribution in [0, 0.1) is 17.8 Å². The van der Waals surface area contributed by atoms with E-state index in [0.29, 0.717) is 12.0 Å². The van der Waals surface area contributed by atoms with Crippen LogP contribution in [0.4, 0.5) is 0 Å². The molecule has 3 aliphatic carbocycles. The molecular formula is C27H28Cl2N2O5. The van der Waals surface area contributed by atoms with Crippen molar-refractivity contribution in [2.45, 2.75) is 66.7 Å². The number of alkyl halides is 2. The van der Waals surface area contributed by atoms with Gasteiger partial charge in [-0.05, 0) is 49.3 Å². The number of allylic oxidation sites excluding steroid dienone is 2. The van der Waals surface area contributed by atoms with Crippen LogP contribution in [0.25, 0.3) is 0 Å². The molecule has 6 unspecified atom stereocenters. The van der Waals surface area contributed by atoms with Gasteiger partial charge in [0, 0.05) is 19.0 Å². The summed E-state index contributed by atoms with van der Waals surface area (Å²) < 4.78 is 0. The molecule has 0 radical (unpaired) electrons. The van der Waals surface area contributed by atoms with Gasteiger partial charge in [0.2, 0.25) is 11.8 Å². The molecule has 5 aliphatic rings. The molecule has 0 aromatic heterocycles. The largest absolute Gasteiger partial charge is 0.508 e. The fraction of sp³-hybridized carbons (Fsp3) is 0.556. The second kappa shape index (κ2) is 8.06. The molecule has 2 heterocycles. The number of hydrogen-bond acceptors (Lipinski definition) is 5. The number of aromatic hydroxyl groups is 1. The fourth-order valence-corrected chi connectivity index (χ4v) is 8.57. The Morgan fingerprint density at radius 1 is 0.972 bits per heavy atom. The number of halogens is 2. The zero-order chi connectivity index (χ0) is 25.6. The Morgan fingerprint density at radius 3 is 2.39 bits per heavy atom. The Labute approximate surface area is 219 Å². The van der Waals surface area contributed by atoms with Crippen LogP contribution in [0.2, 0.25) is 0 Å². The molecule has 4 amide bonds. The van der Waals surface area contributed by atoms with Crippen molar-refractivity contribution in [1.29, 1.82) is 0 Å². The molecular weight excluding hydrogens is 503 g/mol. The number of phenols is 1.